The Morgan fingerprint density at radius 3 is 2.72 bits per heavy atom. The van der Waals surface area contributed by atoms with Gasteiger partial charge in [-0.1, -0.05) is 22.0 Å². The minimum atomic E-state index is -0.800. The molecule has 1 fully saturated rings. The van der Waals surface area contributed by atoms with Gasteiger partial charge in [-0.2, -0.15) is 0 Å². The Balaban J connectivity index is 2.02. The van der Waals surface area contributed by atoms with Gasteiger partial charge in [-0.15, -0.1) is 0 Å². The van der Waals surface area contributed by atoms with Crippen LogP contribution in [0.4, 0.5) is 0 Å². The maximum atomic E-state index is 12.2. The summed E-state index contributed by atoms with van der Waals surface area (Å²) in [5.41, 5.74) is 1.60. The van der Waals surface area contributed by atoms with Crippen LogP contribution in [0.5, 0.6) is 0 Å². The first kappa shape index (κ1) is 13.1. The molecule has 1 aliphatic heterocycles. The first-order valence-corrected chi connectivity index (χ1v) is 6.54. The molecule has 0 aromatic heterocycles. The van der Waals surface area contributed by atoms with Crippen molar-refractivity contribution in [3.05, 3.63) is 33.8 Å². The van der Waals surface area contributed by atoms with Crippen molar-refractivity contribution in [2.24, 2.45) is 5.92 Å². The van der Waals surface area contributed by atoms with Gasteiger partial charge in [-0.05, 0) is 24.6 Å². The molecule has 2 rings (SSSR count). The summed E-state index contributed by atoms with van der Waals surface area (Å²) >= 11 is 3.40. The van der Waals surface area contributed by atoms with Crippen molar-refractivity contribution in [3.8, 4) is 0 Å². The zero-order valence-corrected chi connectivity index (χ0v) is 11.6. The largest absolute Gasteiger partial charge is 0.481 e. The number of amides is 1. The van der Waals surface area contributed by atoms with Crippen LogP contribution in [-0.4, -0.2) is 35.0 Å². The molecule has 0 spiro atoms. The number of hydrogen-bond donors (Lipinski definition) is 1. The van der Waals surface area contributed by atoms with Crippen molar-refractivity contribution in [2.75, 3.05) is 13.1 Å². The molecule has 1 N–H and O–H groups in total. The lowest BCUT2D eigenvalue weighted by molar-refractivity contribution is -0.139. The predicted molar refractivity (Wildman–Crippen MR) is 70.5 cm³/mol. The highest BCUT2D eigenvalue weighted by Crippen LogP contribution is 2.25. The molecular weight excluding hydrogens is 298 g/mol. The highest BCUT2D eigenvalue weighted by molar-refractivity contribution is 9.10. The quantitative estimate of drug-likeness (QED) is 0.932. The molecule has 4 nitrogen and oxygen atoms in total. The van der Waals surface area contributed by atoms with Crippen LogP contribution < -0.4 is 0 Å². The number of hydrogen-bond acceptors (Lipinski definition) is 2. The zero-order valence-electron chi connectivity index (χ0n) is 10.0. The summed E-state index contributed by atoms with van der Waals surface area (Å²) in [7, 11) is 0. The summed E-state index contributed by atoms with van der Waals surface area (Å²) in [5.74, 6) is -0.722. The average Bonchev–Trinajstić information content (AvgIpc) is 2.25. The van der Waals surface area contributed by atoms with Crippen molar-refractivity contribution >= 4 is 27.8 Å². The summed E-state index contributed by atoms with van der Waals surface area (Å²) in [6, 6.07) is 5.53. The fourth-order valence-corrected chi connectivity index (χ4v) is 2.49. The normalized spacial score (nSPS) is 15.3. The van der Waals surface area contributed by atoms with Gasteiger partial charge >= 0.3 is 5.97 Å². The molecule has 0 radical (unpaired) electrons. The summed E-state index contributed by atoms with van der Waals surface area (Å²) < 4.78 is 0.913. The number of rotatable bonds is 3. The van der Waals surface area contributed by atoms with Gasteiger partial charge in [0.15, 0.2) is 0 Å². The molecule has 1 aromatic rings. The van der Waals surface area contributed by atoms with E-state index >= 15 is 0 Å². The van der Waals surface area contributed by atoms with Crippen LogP contribution in [0.25, 0.3) is 0 Å². The topological polar surface area (TPSA) is 57.6 Å². The molecule has 18 heavy (non-hydrogen) atoms. The third-order valence-electron chi connectivity index (χ3n) is 3.21. The smallest absolute Gasteiger partial charge is 0.303 e. The molecule has 0 atom stereocenters. The third-order valence-corrected chi connectivity index (χ3v) is 4.06. The fourth-order valence-electron chi connectivity index (χ4n) is 2.12. The Bertz CT molecular complexity index is 495. The van der Waals surface area contributed by atoms with Crippen LogP contribution >= 0.6 is 15.9 Å². The van der Waals surface area contributed by atoms with Gasteiger partial charge in [0, 0.05) is 29.0 Å². The Labute approximate surface area is 114 Å². The molecule has 1 saturated heterocycles. The second-order valence-corrected chi connectivity index (χ2v) is 5.44. The number of likely N-dealkylation sites (tertiary alicyclic amines) is 1. The lowest BCUT2D eigenvalue weighted by Crippen LogP contribution is -2.50. The van der Waals surface area contributed by atoms with Gasteiger partial charge in [0.05, 0.1) is 6.42 Å². The van der Waals surface area contributed by atoms with Crippen LogP contribution in [0.2, 0.25) is 0 Å². The van der Waals surface area contributed by atoms with E-state index in [1.807, 2.05) is 19.1 Å². The predicted octanol–water partition coefficient (Wildman–Crippen LogP) is 2.30. The number of carbonyl (C=O) groups excluding carboxylic acids is 1. The zero-order chi connectivity index (χ0) is 13.3. The summed E-state index contributed by atoms with van der Waals surface area (Å²) in [4.78, 5) is 24.4. The lowest BCUT2D eigenvalue weighted by atomic mass is 9.95. The Kier molecular flexibility index (Phi) is 3.71. The van der Waals surface area contributed by atoms with Crippen LogP contribution in [0.15, 0.2) is 22.7 Å². The fraction of sp³-hybridized carbons (Fsp3) is 0.385. The van der Waals surface area contributed by atoms with Gasteiger partial charge in [-0.25, -0.2) is 0 Å². The summed E-state index contributed by atoms with van der Waals surface area (Å²) in [6.07, 6.45) is 0.140. The van der Waals surface area contributed by atoms with Crippen LogP contribution in [0.3, 0.4) is 0 Å². The Morgan fingerprint density at radius 1 is 1.44 bits per heavy atom. The van der Waals surface area contributed by atoms with Gasteiger partial charge in [-0.3, -0.25) is 9.59 Å². The number of carboxylic acids is 1. The second-order valence-electron chi connectivity index (χ2n) is 4.59. The van der Waals surface area contributed by atoms with Crippen LogP contribution in [-0.2, 0) is 4.79 Å². The van der Waals surface area contributed by atoms with Crippen molar-refractivity contribution < 1.29 is 14.7 Å². The highest BCUT2D eigenvalue weighted by Gasteiger charge is 2.33. The van der Waals surface area contributed by atoms with E-state index in [2.05, 4.69) is 15.9 Å². The van der Waals surface area contributed by atoms with Crippen molar-refractivity contribution in [1.29, 1.82) is 0 Å². The maximum absolute atomic E-state index is 12.2. The minimum Gasteiger partial charge on any atom is -0.481 e. The van der Waals surface area contributed by atoms with E-state index in [-0.39, 0.29) is 18.2 Å². The Hall–Kier alpha value is -1.36. The monoisotopic (exact) mass is 311 g/mol. The van der Waals surface area contributed by atoms with E-state index < -0.39 is 5.97 Å². The molecule has 0 unspecified atom stereocenters. The highest BCUT2D eigenvalue weighted by atomic mass is 79.9. The van der Waals surface area contributed by atoms with E-state index in [9.17, 15) is 9.59 Å². The first-order valence-electron chi connectivity index (χ1n) is 5.75. The van der Waals surface area contributed by atoms with E-state index in [0.29, 0.717) is 18.7 Å². The van der Waals surface area contributed by atoms with E-state index in [0.717, 1.165) is 10.0 Å². The number of aliphatic carboxylic acids is 1. The van der Waals surface area contributed by atoms with Crippen molar-refractivity contribution in [1.82, 2.24) is 4.90 Å². The number of benzene rings is 1. The van der Waals surface area contributed by atoms with Gasteiger partial charge in [0.2, 0.25) is 0 Å². The van der Waals surface area contributed by atoms with E-state index in [1.54, 1.807) is 11.0 Å². The number of nitrogens with zero attached hydrogens (tertiary/aromatic N) is 1. The molecule has 1 amide bonds. The maximum Gasteiger partial charge on any atom is 0.303 e. The molecule has 5 heteroatoms. The number of carbonyl (C=O) groups is 2. The van der Waals surface area contributed by atoms with E-state index in [4.69, 9.17) is 5.11 Å². The Morgan fingerprint density at radius 2 is 2.11 bits per heavy atom. The van der Waals surface area contributed by atoms with E-state index in [1.165, 1.54) is 0 Å². The van der Waals surface area contributed by atoms with Gasteiger partial charge < -0.3 is 10.0 Å². The molecule has 96 valence electrons. The molecule has 1 aromatic carbocycles. The summed E-state index contributed by atoms with van der Waals surface area (Å²) in [5, 5.41) is 8.66. The SMILES string of the molecule is Cc1c(Br)cccc1C(=O)N1CC(CC(=O)O)C1. The lowest BCUT2D eigenvalue weighted by Gasteiger charge is -2.38. The van der Waals surface area contributed by atoms with Gasteiger partial charge in [0.25, 0.3) is 5.91 Å². The van der Waals surface area contributed by atoms with Crippen molar-refractivity contribution in [3.63, 3.8) is 0 Å². The first-order chi connectivity index (χ1) is 8.49. The second kappa shape index (κ2) is 5.10. The third kappa shape index (κ3) is 2.56. The standard InChI is InChI=1S/C13H14BrNO3/c1-8-10(3-2-4-11(8)14)13(18)15-6-9(7-15)5-12(16)17/h2-4,9H,5-7H2,1H3,(H,16,17). The molecule has 0 saturated carbocycles. The molecular formula is C13H14BrNO3. The molecule has 1 aliphatic rings. The van der Waals surface area contributed by atoms with Crippen LogP contribution in [0, 0.1) is 12.8 Å². The molecule has 0 bridgehead atoms. The summed E-state index contributed by atoms with van der Waals surface area (Å²) in [6.45, 7) is 2.97. The number of halogens is 1. The molecule has 1 heterocycles. The van der Waals surface area contributed by atoms with Gasteiger partial charge in [0.1, 0.15) is 0 Å². The minimum absolute atomic E-state index is 0.0181. The average molecular weight is 312 g/mol. The van der Waals surface area contributed by atoms with Crippen LogP contribution in [0.1, 0.15) is 22.3 Å². The molecule has 0 aliphatic carbocycles. The number of carboxylic acid groups (broad SMARTS) is 1. The van der Waals surface area contributed by atoms with Crippen molar-refractivity contribution in [2.45, 2.75) is 13.3 Å².